The van der Waals surface area contributed by atoms with Gasteiger partial charge >= 0.3 is 0 Å². The first-order chi connectivity index (χ1) is 13.6. The molecule has 2 aromatic rings. The van der Waals surface area contributed by atoms with Crippen LogP contribution >= 0.6 is 0 Å². The summed E-state index contributed by atoms with van der Waals surface area (Å²) in [4.78, 5) is 26.6. The smallest absolute Gasteiger partial charge is 0.237 e. The Balaban J connectivity index is 1.63. The van der Waals surface area contributed by atoms with E-state index in [-0.39, 0.29) is 24.8 Å². The quantitative estimate of drug-likeness (QED) is 0.763. The summed E-state index contributed by atoms with van der Waals surface area (Å²) in [6.07, 6.45) is 0.0242. The number of carbonyl (C=O) groups is 2. The van der Waals surface area contributed by atoms with Gasteiger partial charge in [0.2, 0.25) is 11.8 Å². The van der Waals surface area contributed by atoms with Gasteiger partial charge in [-0.05, 0) is 11.6 Å². The average Bonchev–Trinajstić information content (AvgIpc) is 2.71. The van der Waals surface area contributed by atoms with E-state index in [1.165, 1.54) is 13.2 Å². The lowest BCUT2D eigenvalue weighted by Crippen LogP contribution is -2.56. The number of piperazine rings is 1. The Kier molecular flexibility index (Phi) is 6.60. The van der Waals surface area contributed by atoms with Gasteiger partial charge in [-0.2, -0.15) is 0 Å². The number of ether oxygens (including phenoxy) is 1. The maximum atomic E-state index is 14.3. The summed E-state index contributed by atoms with van der Waals surface area (Å²) in [5, 5.41) is 5.63. The topological polar surface area (TPSA) is 70.7 Å². The van der Waals surface area contributed by atoms with Crippen molar-refractivity contribution < 1.29 is 18.7 Å². The van der Waals surface area contributed by atoms with Crippen molar-refractivity contribution in [3.8, 4) is 5.75 Å². The molecule has 2 aromatic carbocycles. The fourth-order valence-electron chi connectivity index (χ4n) is 3.22. The van der Waals surface area contributed by atoms with E-state index < -0.39 is 11.9 Å². The highest BCUT2D eigenvalue weighted by Crippen LogP contribution is 2.20. The molecule has 0 aliphatic carbocycles. The number of methoxy groups -OCH3 is 1. The number of hydrogen-bond donors (Lipinski definition) is 2. The van der Waals surface area contributed by atoms with Crippen molar-refractivity contribution in [1.82, 2.24) is 15.5 Å². The van der Waals surface area contributed by atoms with E-state index in [0.29, 0.717) is 30.9 Å². The minimum atomic E-state index is -0.633. The number of halogens is 1. The van der Waals surface area contributed by atoms with Crippen molar-refractivity contribution in [2.45, 2.75) is 25.6 Å². The Bertz CT molecular complexity index is 829. The molecule has 0 spiro atoms. The van der Waals surface area contributed by atoms with Crippen LogP contribution in [0.5, 0.6) is 5.75 Å². The molecule has 0 saturated carbocycles. The van der Waals surface area contributed by atoms with Gasteiger partial charge in [0.15, 0.2) is 0 Å². The van der Waals surface area contributed by atoms with Crippen molar-refractivity contribution in [2.24, 2.45) is 0 Å². The van der Waals surface area contributed by atoms with Gasteiger partial charge in [0.25, 0.3) is 0 Å². The van der Waals surface area contributed by atoms with Crippen LogP contribution in [0.15, 0.2) is 48.5 Å². The van der Waals surface area contributed by atoms with Gasteiger partial charge in [-0.3, -0.25) is 14.5 Å². The molecule has 0 aromatic heterocycles. The minimum absolute atomic E-state index is 0.0242. The number of carbonyl (C=O) groups excluding carboxylic acids is 2. The molecule has 6 nitrogen and oxygen atoms in total. The summed E-state index contributed by atoms with van der Waals surface area (Å²) >= 11 is 0. The number of amides is 2. The van der Waals surface area contributed by atoms with E-state index in [9.17, 15) is 14.0 Å². The second kappa shape index (κ2) is 9.32. The molecule has 1 unspecified atom stereocenters. The van der Waals surface area contributed by atoms with Crippen LogP contribution in [0, 0.1) is 5.82 Å². The number of nitrogens with zero attached hydrogens (tertiary/aromatic N) is 1. The molecule has 1 saturated heterocycles. The van der Waals surface area contributed by atoms with Gasteiger partial charge in [0.05, 0.1) is 19.6 Å². The van der Waals surface area contributed by atoms with Crippen molar-refractivity contribution in [3.05, 3.63) is 65.5 Å². The maximum absolute atomic E-state index is 14.3. The Labute approximate surface area is 163 Å². The molecular weight excluding hydrogens is 361 g/mol. The van der Waals surface area contributed by atoms with Crippen molar-refractivity contribution >= 4 is 11.8 Å². The third-order valence-corrected chi connectivity index (χ3v) is 4.79. The third-order valence-electron chi connectivity index (χ3n) is 4.79. The van der Waals surface area contributed by atoms with Crippen molar-refractivity contribution in [3.63, 3.8) is 0 Å². The lowest BCUT2D eigenvalue weighted by Gasteiger charge is -2.34. The zero-order chi connectivity index (χ0) is 19.9. The van der Waals surface area contributed by atoms with Crippen LogP contribution in [0.1, 0.15) is 17.5 Å². The molecular formula is C21H24FN3O3. The normalized spacial score (nSPS) is 17.1. The van der Waals surface area contributed by atoms with Crippen LogP contribution in [0.2, 0.25) is 0 Å². The molecule has 1 aliphatic rings. The lowest BCUT2D eigenvalue weighted by atomic mass is 10.1. The van der Waals surface area contributed by atoms with Gasteiger partial charge in [-0.25, -0.2) is 4.39 Å². The lowest BCUT2D eigenvalue weighted by molar-refractivity contribution is -0.134. The molecule has 1 fully saturated rings. The number of rotatable bonds is 7. The Morgan fingerprint density at radius 3 is 2.79 bits per heavy atom. The van der Waals surface area contributed by atoms with Gasteiger partial charge in [0, 0.05) is 37.8 Å². The molecule has 3 rings (SSSR count). The monoisotopic (exact) mass is 385 g/mol. The summed E-state index contributed by atoms with van der Waals surface area (Å²) in [6, 6.07) is 13.6. The van der Waals surface area contributed by atoms with Gasteiger partial charge in [-0.15, -0.1) is 0 Å². The molecule has 0 bridgehead atoms. The highest BCUT2D eigenvalue weighted by Gasteiger charge is 2.32. The molecule has 1 heterocycles. The van der Waals surface area contributed by atoms with E-state index in [0.717, 1.165) is 5.56 Å². The third kappa shape index (κ3) is 5.07. The number of hydrogen-bond acceptors (Lipinski definition) is 4. The summed E-state index contributed by atoms with van der Waals surface area (Å²) in [7, 11) is 1.48. The molecule has 2 amide bonds. The molecule has 0 radical (unpaired) electrons. The minimum Gasteiger partial charge on any atom is -0.497 e. The van der Waals surface area contributed by atoms with E-state index in [2.05, 4.69) is 10.6 Å². The molecule has 1 atom stereocenters. The molecule has 2 N–H and O–H groups in total. The van der Waals surface area contributed by atoms with Crippen LogP contribution < -0.4 is 15.4 Å². The first kappa shape index (κ1) is 19.8. The van der Waals surface area contributed by atoms with Gasteiger partial charge in [-0.1, -0.05) is 36.4 Å². The SMILES string of the molecule is COc1ccc(CN2CCNC(=O)C2CC(=O)NCc2ccccc2)c(F)c1. The number of nitrogens with one attached hydrogen (secondary N) is 2. The van der Waals surface area contributed by atoms with Crippen LogP contribution in [0.25, 0.3) is 0 Å². The Morgan fingerprint density at radius 2 is 2.07 bits per heavy atom. The largest absolute Gasteiger partial charge is 0.497 e. The zero-order valence-corrected chi connectivity index (χ0v) is 15.8. The fraction of sp³-hybridized carbons (Fsp3) is 0.333. The van der Waals surface area contributed by atoms with Gasteiger partial charge in [0.1, 0.15) is 11.6 Å². The standard InChI is InChI=1S/C21H24FN3O3/c1-28-17-8-7-16(18(22)11-17)14-25-10-9-23-21(27)19(25)12-20(26)24-13-15-5-3-2-4-6-15/h2-8,11,19H,9-10,12-14H2,1H3,(H,23,27)(H,24,26). The summed E-state index contributed by atoms with van der Waals surface area (Å²) in [6.45, 7) is 1.67. The summed E-state index contributed by atoms with van der Waals surface area (Å²) < 4.78 is 19.3. The predicted molar refractivity (Wildman–Crippen MR) is 103 cm³/mol. The molecule has 28 heavy (non-hydrogen) atoms. The van der Waals surface area contributed by atoms with Crippen LogP contribution in [-0.2, 0) is 22.7 Å². The highest BCUT2D eigenvalue weighted by molar-refractivity contribution is 5.88. The van der Waals surface area contributed by atoms with Crippen molar-refractivity contribution in [2.75, 3.05) is 20.2 Å². The summed E-state index contributed by atoms with van der Waals surface area (Å²) in [5.74, 6) is -0.381. The first-order valence-electron chi connectivity index (χ1n) is 9.21. The Hall–Kier alpha value is -2.93. The van der Waals surface area contributed by atoms with E-state index >= 15 is 0 Å². The highest BCUT2D eigenvalue weighted by atomic mass is 19.1. The molecule has 1 aliphatic heterocycles. The Morgan fingerprint density at radius 1 is 1.29 bits per heavy atom. The summed E-state index contributed by atoms with van der Waals surface area (Å²) in [5.41, 5.74) is 1.45. The predicted octanol–water partition coefficient (Wildman–Crippen LogP) is 1.84. The van der Waals surface area contributed by atoms with Crippen LogP contribution in [0.3, 0.4) is 0 Å². The van der Waals surface area contributed by atoms with Gasteiger partial charge < -0.3 is 15.4 Å². The average molecular weight is 385 g/mol. The second-order valence-electron chi connectivity index (χ2n) is 6.70. The van der Waals surface area contributed by atoms with E-state index in [1.54, 1.807) is 12.1 Å². The zero-order valence-electron chi connectivity index (χ0n) is 15.8. The second-order valence-corrected chi connectivity index (χ2v) is 6.70. The maximum Gasteiger partial charge on any atom is 0.237 e. The van der Waals surface area contributed by atoms with E-state index in [4.69, 9.17) is 4.74 Å². The molecule has 7 heteroatoms. The number of benzene rings is 2. The van der Waals surface area contributed by atoms with Crippen LogP contribution in [0.4, 0.5) is 4.39 Å². The first-order valence-corrected chi connectivity index (χ1v) is 9.21. The fourth-order valence-corrected chi connectivity index (χ4v) is 3.22. The van der Waals surface area contributed by atoms with Crippen molar-refractivity contribution in [1.29, 1.82) is 0 Å². The van der Waals surface area contributed by atoms with E-state index in [1.807, 2.05) is 35.2 Å². The van der Waals surface area contributed by atoms with Crippen LogP contribution in [-0.4, -0.2) is 43.0 Å². The molecule has 148 valence electrons.